The average Bonchev–Trinajstić information content (AvgIpc) is 2.77. The number of benzene rings is 2. The standard InChI is InChI=1S/C24H26N4O4.3ClH/c1-16-4-3-5-18(12-16)32-15-23(29)25-17-6-7-21-19(13-17)20(24(30)31)14-22(26-21)28-10-8-27(2)9-11-28;;;/h3-7,12-14H,8-11,15H2,1-2H3,(H,25,29)(H,30,31);3*1H. The molecule has 1 aromatic heterocycles. The molecule has 2 N–H and O–H groups in total. The Morgan fingerprint density at radius 1 is 1.03 bits per heavy atom. The van der Waals surface area contributed by atoms with Gasteiger partial charge in [0.15, 0.2) is 6.61 Å². The molecule has 8 nitrogen and oxygen atoms in total. The van der Waals surface area contributed by atoms with Gasteiger partial charge in [-0.1, -0.05) is 12.1 Å². The zero-order valence-electron chi connectivity index (χ0n) is 19.4. The minimum atomic E-state index is -1.03. The van der Waals surface area contributed by atoms with E-state index in [0.717, 1.165) is 31.7 Å². The molecule has 11 heteroatoms. The van der Waals surface area contributed by atoms with E-state index in [0.29, 0.717) is 28.2 Å². The van der Waals surface area contributed by atoms with Gasteiger partial charge in [-0.15, -0.1) is 37.2 Å². The van der Waals surface area contributed by atoms with Crippen LogP contribution in [0.3, 0.4) is 0 Å². The summed E-state index contributed by atoms with van der Waals surface area (Å²) >= 11 is 0. The summed E-state index contributed by atoms with van der Waals surface area (Å²) in [5, 5.41) is 13.0. The number of anilines is 2. The third-order valence-electron chi connectivity index (χ3n) is 5.50. The van der Waals surface area contributed by atoms with Crippen molar-refractivity contribution in [2.24, 2.45) is 0 Å². The van der Waals surface area contributed by atoms with Crippen molar-refractivity contribution < 1.29 is 19.4 Å². The Morgan fingerprint density at radius 2 is 1.74 bits per heavy atom. The highest BCUT2D eigenvalue weighted by Crippen LogP contribution is 2.26. The fraction of sp³-hybridized carbons (Fsp3) is 0.292. The zero-order valence-corrected chi connectivity index (χ0v) is 21.8. The van der Waals surface area contributed by atoms with Gasteiger partial charge >= 0.3 is 5.97 Å². The fourth-order valence-corrected chi connectivity index (χ4v) is 3.72. The van der Waals surface area contributed by atoms with E-state index in [2.05, 4.69) is 27.1 Å². The van der Waals surface area contributed by atoms with E-state index in [4.69, 9.17) is 4.74 Å². The van der Waals surface area contributed by atoms with Crippen molar-refractivity contribution in [3.63, 3.8) is 0 Å². The molecule has 2 heterocycles. The van der Waals surface area contributed by atoms with Gasteiger partial charge in [-0.2, -0.15) is 0 Å². The number of fused-ring (bicyclic) bond motifs is 1. The first-order chi connectivity index (χ1) is 15.4. The molecule has 0 bridgehead atoms. The average molecular weight is 544 g/mol. The first kappa shape index (κ1) is 30.3. The zero-order chi connectivity index (χ0) is 22.7. The van der Waals surface area contributed by atoms with Gasteiger partial charge in [-0.05, 0) is 55.9 Å². The third kappa shape index (κ3) is 7.60. The number of ether oxygens (including phenoxy) is 1. The van der Waals surface area contributed by atoms with E-state index in [1.807, 2.05) is 25.1 Å². The van der Waals surface area contributed by atoms with Crippen LogP contribution in [0.5, 0.6) is 5.75 Å². The molecule has 1 saturated heterocycles. The van der Waals surface area contributed by atoms with E-state index < -0.39 is 5.97 Å². The maximum Gasteiger partial charge on any atom is 0.336 e. The van der Waals surface area contributed by atoms with Crippen LogP contribution >= 0.6 is 37.2 Å². The molecule has 0 saturated carbocycles. The van der Waals surface area contributed by atoms with Gasteiger partial charge in [-0.25, -0.2) is 9.78 Å². The molecule has 1 aliphatic heterocycles. The largest absolute Gasteiger partial charge is 0.484 e. The molecule has 0 aliphatic carbocycles. The lowest BCUT2D eigenvalue weighted by Gasteiger charge is -2.33. The Morgan fingerprint density at radius 3 is 2.40 bits per heavy atom. The van der Waals surface area contributed by atoms with Crippen LogP contribution in [0.15, 0.2) is 48.5 Å². The van der Waals surface area contributed by atoms with Crippen molar-refractivity contribution in [3.8, 4) is 5.75 Å². The number of carboxylic acid groups (broad SMARTS) is 1. The Hall–Kier alpha value is -2.78. The number of rotatable bonds is 6. The Bertz CT molecular complexity index is 1170. The summed E-state index contributed by atoms with van der Waals surface area (Å²) in [7, 11) is 2.07. The van der Waals surface area contributed by atoms with Crippen molar-refractivity contribution in [1.82, 2.24) is 9.88 Å². The van der Waals surface area contributed by atoms with E-state index in [9.17, 15) is 14.7 Å². The number of halogens is 3. The van der Waals surface area contributed by atoms with E-state index in [-0.39, 0.29) is 55.3 Å². The number of carbonyl (C=O) groups excluding carboxylic acids is 1. The number of nitrogens with one attached hydrogen (secondary N) is 1. The summed E-state index contributed by atoms with van der Waals surface area (Å²) < 4.78 is 5.53. The lowest BCUT2D eigenvalue weighted by molar-refractivity contribution is -0.118. The van der Waals surface area contributed by atoms with Crippen molar-refractivity contribution in [2.75, 3.05) is 50.1 Å². The van der Waals surface area contributed by atoms with Gasteiger partial charge in [0.05, 0.1) is 11.1 Å². The highest BCUT2D eigenvalue weighted by molar-refractivity contribution is 6.05. The van der Waals surface area contributed by atoms with Crippen molar-refractivity contribution in [1.29, 1.82) is 0 Å². The molecule has 0 radical (unpaired) electrons. The number of piperazine rings is 1. The summed E-state index contributed by atoms with van der Waals surface area (Å²) in [6.45, 7) is 5.20. The van der Waals surface area contributed by atoms with Gasteiger partial charge in [0.2, 0.25) is 0 Å². The SMILES string of the molecule is Cc1cccc(OCC(=O)Nc2ccc3nc(N4CCN(C)CC4)cc(C(=O)O)c3c2)c1.Cl.Cl.Cl. The number of amides is 1. The number of nitrogens with zero attached hydrogens (tertiary/aromatic N) is 3. The summed E-state index contributed by atoms with van der Waals surface area (Å²) in [6, 6.07) is 14.2. The van der Waals surface area contributed by atoms with Crippen LogP contribution < -0.4 is 15.0 Å². The first-order valence-electron chi connectivity index (χ1n) is 10.5. The number of carboxylic acids is 1. The van der Waals surface area contributed by atoms with Crippen LogP contribution in [-0.4, -0.2) is 66.7 Å². The topological polar surface area (TPSA) is 95.0 Å². The van der Waals surface area contributed by atoms with Gasteiger partial charge < -0.3 is 25.0 Å². The summed E-state index contributed by atoms with van der Waals surface area (Å²) in [4.78, 5) is 33.3. The number of pyridine rings is 1. The normalized spacial score (nSPS) is 13.1. The number of aromatic nitrogens is 1. The van der Waals surface area contributed by atoms with Crippen LogP contribution in [0.25, 0.3) is 10.9 Å². The fourth-order valence-electron chi connectivity index (χ4n) is 3.72. The third-order valence-corrected chi connectivity index (χ3v) is 5.50. The second kappa shape index (κ2) is 13.3. The van der Waals surface area contributed by atoms with Crippen molar-refractivity contribution >= 4 is 71.5 Å². The van der Waals surface area contributed by atoms with Crippen molar-refractivity contribution in [2.45, 2.75) is 6.92 Å². The van der Waals surface area contributed by atoms with E-state index in [1.54, 1.807) is 30.3 Å². The van der Waals surface area contributed by atoms with Crippen LogP contribution in [-0.2, 0) is 4.79 Å². The minimum absolute atomic E-state index is 0. The van der Waals surface area contributed by atoms with Crippen LogP contribution in [0.2, 0.25) is 0 Å². The molecule has 0 spiro atoms. The maximum absolute atomic E-state index is 12.3. The molecule has 3 aromatic rings. The van der Waals surface area contributed by atoms with Gasteiger partial charge in [-0.3, -0.25) is 4.79 Å². The number of likely N-dealkylation sites (N-methyl/N-ethyl adjacent to an activating group) is 1. The van der Waals surface area contributed by atoms with Gasteiger partial charge in [0, 0.05) is 37.3 Å². The van der Waals surface area contributed by atoms with Crippen LogP contribution in [0.1, 0.15) is 15.9 Å². The number of hydrogen-bond donors (Lipinski definition) is 2. The second-order valence-electron chi connectivity index (χ2n) is 8.01. The number of carbonyl (C=O) groups is 2. The Labute approximate surface area is 222 Å². The molecule has 0 atom stereocenters. The Kier molecular flexibility index (Phi) is 11.5. The maximum atomic E-state index is 12.3. The molecule has 1 fully saturated rings. The summed E-state index contributed by atoms with van der Waals surface area (Å²) in [6.07, 6.45) is 0. The number of aryl methyl sites for hydroxylation is 1. The number of aromatic carboxylic acids is 1. The summed E-state index contributed by atoms with van der Waals surface area (Å²) in [5.74, 6) is -0.0809. The lowest BCUT2D eigenvalue weighted by Crippen LogP contribution is -2.44. The molecule has 1 amide bonds. The van der Waals surface area contributed by atoms with E-state index >= 15 is 0 Å². The van der Waals surface area contributed by atoms with Gasteiger partial charge in [0.1, 0.15) is 11.6 Å². The summed E-state index contributed by atoms with van der Waals surface area (Å²) in [5.41, 5.74) is 2.28. The molecule has 1 aliphatic rings. The minimum Gasteiger partial charge on any atom is -0.484 e. The molecular weight excluding hydrogens is 515 g/mol. The second-order valence-corrected chi connectivity index (χ2v) is 8.01. The van der Waals surface area contributed by atoms with E-state index in [1.165, 1.54) is 0 Å². The smallest absolute Gasteiger partial charge is 0.336 e. The molecule has 0 unspecified atom stereocenters. The first-order valence-corrected chi connectivity index (χ1v) is 10.5. The molecule has 2 aromatic carbocycles. The molecule has 4 rings (SSSR count). The van der Waals surface area contributed by atoms with Crippen LogP contribution in [0, 0.1) is 6.92 Å². The predicted molar refractivity (Wildman–Crippen MR) is 145 cm³/mol. The quantitative estimate of drug-likeness (QED) is 0.479. The Balaban J connectivity index is 0.00000204. The molecule has 35 heavy (non-hydrogen) atoms. The molecular formula is C24H29Cl3N4O4. The number of hydrogen-bond acceptors (Lipinski definition) is 6. The monoisotopic (exact) mass is 542 g/mol. The lowest BCUT2D eigenvalue weighted by atomic mass is 10.1. The highest BCUT2D eigenvalue weighted by atomic mass is 35.5. The highest BCUT2D eigenvalue weighted by Gasteiger charge is 2.19. The molecule has 190 valence electrons. The van der Waals surface area contributed by atoms with Gasteiger partial charge in [0.25, 0.3) is 5.91 Å². The van der Waals surface area contributed by atoms with Crippen molar-refractivity contribution in [3.05, 3.63) is 59.7 Å². The van der Waals surface area contributed by atoms with Crippen LogP contribution in [0.4, 0.5) is 11.5 Å². The predicted octanol–water partition coefficient (Wildman–Crippen LogP) is 4.28.